The van der Waals surface area contributed by atoms with Crippen LogP contribution in [0.4, 0.5) is 0 Å². The van der Waals surface area contributed by atoms with Gasteiger partial charge >= 0.3 is 0 Å². The zero-order valence-electron chi connectivity index (χ0n) is 6.65. The van der Waals surface area contributed by atoms with E-state index < -0.39 is 11.9 Å². The highest BCUT2D eigenvalue weighted by Gasteiger charge is 2.33. The molecule has 3 nitrogen and oxygen atoms in total. The van der Waals surface area contributed by atoms with Crippen LogP contribution in [-0.4, -0.2) is 31.2 Å². The molecule has 3 heteroatoms. The van der Waals surface area contributed by atoms with Crippen molar-refractivity contribution in [2.24, 2.45) is 0 Å². The van der Waals surface area contributed by atoms with E-state index in [1.54, 1.807) is 18.2 Å². The van der Waals surface area contributed by atoms with E-state index in [9.17, 15) is 5.11 Å². The van der Waals surface area contributed by atoms with Crippen LogP contribution in [0.3, 0.4) is 0 Å². The van der Waals surface area contributed by atoms with Crippen molar-refractivity contribution in [1.82, 2.24) is 0 Å². The first-order chi connectivity index (χ1) is 5.23. The average molecular weight is 156 g/mol. The van der Waals surface area contributed by atoms with E-state index in [2.05, 4.69) is 0 Å². The number of rotatable bonds is 2. The average Bonchev–Trinajstić information content (AvgIpc) is 2.05. The van der Waals surface area contributed by atoms with Crippen molar-refractivity contribution in [2.75, 3.05) is 14.2 Å². The summed E-state index contributed by atoms with van der Waals surface area (Å²) in [4.78, 5) is 0. The van der Waals surface area contributed by atoms with Gasteiger partial charge in [0, 0.05) is 14.2 Å². The summed E-state index contributed by atoms with van der Waals surface area (Å²) in [6.07, 6.45) is 6.41. The Morgan fingerprint density at radius 1 is 1.36 bits per heavy atom. The van der Waals surface area contributed by atoms with E-state index in [1.807, 2.05) is 6.08 Å². The van der Waals surface area contributed by atoms with Crippen LogP contribution in [0.25, 0.3) is 0 Å². The molecule has 62 valence electrons. The van der Waals surface area contributed by atoms with Crippen molar-refractivity contribution in [3.8, 4) is 0 Å². The largest absolute Gasteiger partial charge is 0.371 e. The number of aliphatic hydroxyl groups is 1. The molecule has 0 fully saturated rings. The fraction of sp³-hybridized carbons (Fsp3) is 0.500. The van der Waals surface area contributed by atoms with Gasteiger partial charge in [-0.05, 0) is 6.08 Å². The molecule has 0 aliphatic heterocycles. The predicted molar refractivity (Wildman–Crippen MR) is 41.0 cm³/mol. The molecule has 0 saturated heterocycles. The monoisotopic (exact) mass is 156 g/mol. The van der Waals surface area contributed by atoms with Gasteiger partial charge in [-0.15, -0.1) is 0 Å². The summed E-state index contributed by atoms with van der Waals surface area (Å²) in [6.45, 7) is 0. The molecule has 11 heavy (non-hydrogen) atoms. The highest BCUT2D eigenvalue weighted by atomic mass is 16.6. The van der Waals surface area contributed by atoms with Gasteiger partial charge in [0.15, 0.2) is 0 Å². The van der Waals surface area contributed by atoms with Gasteiger partial charge in [0.25, 0.3) is 0 Å². The third kappa shape index (κ3) is 1.50. The summed E-state index contributed by atoms with van der Waals surface area (Å²) < 4.78 is 9.86. The lowest BCUT2D eigenvalue weighted by atomic mass is 10.0. The van der Waals surface area contributed by atoms with E-state index >= 15 is 0 Å². The van der Waals surface area contributed by atoms with Crippen molar-refractivity contribution in [3.63, 3.8) is 0 Å². The molecule has 0 aromatic heterocycles. The first-order valence-corrected chi connectivity index (χ1v) is 3.39. The molecule has 0 bridgehead atoms. The maximum absolute atomic E-state index is 9.65. The summed E-state index contributed by atoms with van der Waals surface area (Å²) in [5, 5.41) is 9.65. The van der Waals surface area contributed by atoms with Crippen LogP contribution in [0.1, 0.15) is 0 Å². The van der Waals surface area contributed by atoms with Crippen molar-refractivity contribution < 1.29 is 14.6 Å². The normalized spacial score (nSPS) is 36.1. The predicted octanol–water partition coefficient (Wildman–Crippen LogP) is 0.462. The minimum Gasteiger partial charge on any atom is -0.371 e. The van der Waals surface area contributed by atoms with Crippen LogP contribution in [-0.2, 0) is 9.47 Å². The molecular weight excluding hydrogens is 144 g/mol. The molecule has 1 rings (SSSR count). The SMILES string of the molecule is COC1C=CC=CC1(O)OC. The Balaban J connectivity index is 2.77. The zero-order chi connectivity index (χ0) is 8.32. The second kappa shape index (κ2) is 3.17. The topological polar surface area (TPSA) is 38.7 Å². The highest BCUT2D eigenvalue weighted by molar-refractivity contribution is 5.19. The third-order valence-corrected chi connectivity index (χ3v) is 1.72. The molecule has 0 radical (unpaired) electrons. The van der Waals surface area contributed by atoms with Crippen molar-refractivity contribution in [1.29, 1.82) is 0 Å². The highest BCUT2D eigenvalue weighted by Crippen LogP contribution is 2.20. The number of methoxy groups -OCH3 is 2. The maximum atomic E-state index is 9.65. The molecular formula is C8H12O3. The first kappa shape index (κ1) is 8.46. The molecule has 0 heterocycles. The number of hydrogen-bond donors (Lipinski definition) is 1. The van der Waals surface area contributed by atoms with Gasteiger partial charge in [0.2, 0.25) is 5.79 Å². The Morgan fingerprint density at radius 2 is 2.09 bits per heavy atom. The van der Waals surface area contributed by atoms with E-state index in [0.717, 1.165) is 0 Å². The first-order valence-electron chi connectivity index (χ1n) is 3.39. The Hall–Kier alpha value is -0.640. The van der Waals surface area contributed by atoms with Crippen LogP contribution < -0.4 is 0 Å². The molecule has 0 spiro atoms. The molecule has 0 amide bonds. The molecule has 0 aromatic carbocycles. The van der Waals surface area contributed by atoms with E-state index in [1.165, 1.54) is 14.2 Å². The van der Waals surface area contributed by atoms with E-state index in [4.69, 9.17) is 9.47 Å². The number of allylic oxidation sites excluding steroid dienone is 2. The summed E-state index contributed by atoms with van der Waals surface area (Å²) >= 11 is 0. The Kier molecular flexibility index (Phi) is 2.44. The van der Waals surface area contributed by atoms with Crippen LogP contribution in [0, 0.1) is 0 Å². The second-order valence-electron chi connectivity index (χ2n) is 2.36. The summed E-state index contributed by atoms with van der Waals surface area (Å²) in [7, 11) is 2.97. The van der Waals surface area contributed by atoms with Gasteiger partial charge in [-0.1, -0.05) is 18.2 Å². The fourth-order valence-corrected chi connectivity index (χ4v) is 1.02. The van der Waals surface area contributed by atoms with Gasteiger partial charge in [0.1, 0.15) is 6.10 Å². The molecule has 2 atom stereocenters. The smallest absolute Gasteiger partial charge is 0.216 e. The quantitative estimate of drug-likeness (QED) is 0.590. The minimum atomic E-state index is -1.30. The van der Waals surface area contributed by atoms with Crippen LogP contribution in [0.15, 0.2) is 24.3 Å². The zero-order valence-corrected chi connectivity index (χ0v) is 6.65. The summed E-state index contributed by atoms with van der Waals surface area (Å²) in [5.74, 6) is -1.30. The lowest BCUT2D eigenvalue weighted by molar-refractivity contribution is -0.202. The third-order valence-electron chi connectivity index (χ3n) is 1.72. The lowest BCUT2D eigenvalue weighted by Gasteiger charge is -2.30. The van der Waals surface area contributed by atoms with Crippen LogP contribution in [0.5, 0.6) is 0 Å². The molecule has 0 saturated carbocycles. The molecule has 1 N–H and O–H groups in total. The summed E-state index contributed by atoms with van der Waals surface area (Å²) in [6, 6.07) is 0. The maximum Gasteiger partial charge on any atom is 0.216 e. The van der Waals surface area contributed by atoms with Crippen LogP contribution >= 0.6 is 0 Å². The Labute approximate surface area is 65.9 Å². The van der Waals surface area contributed by atoms with Crippen molar-refractivity contribution in [2.45, 2.75) is 11.9 Å². The lowest BCUT2D eigenvalue weighted by Crippen LogP contribution is -2.43. The van der Waals surface area contributed by atoms with Gasteiger partial charge < -0.3 is 14.6 Å². The molecule has 2 unspecified atom stereocenters. The number of hydrogen-bond acceptors (Lipinski definition) is 3. The minimum absolute atomic E-state index is 0.419. The molecule has 1 aliphatic carbocycles. The molecule has 0 aromatic rings. The van der Waals surface area contributed by atoms with Crippen molar-refractivity contribution >= 4 is 0 Å². The van der Waals surface area contributed by atoms with Gasteiger partial charge in [-0.2, -0.15) is 0 Å². The fourth-order valence-electron chi connectivity index (χ4n) is 1.02. The standard InChI is InChI=1S/C8H12O3/c1-10-7-5-3-4-6-8(7,9)11-2/h3-7,9H,1-2H3. The van der Waals surface area contributed by atoms with Crippen LogP contribution in [0.2, 0.25) is 0 Å². The number of ether oxygens (including phenoxy) is 2. The van der Waals surface area contributed by atoms with Gasteiger partial charge in [-0.25, -0.2) is 0 Å². The summed E-state index contributed by atoms with van der Waals surface area (Å²) in [5.41, 5.74) is 0. The van der Waals surface area contributed by atoms with Gasteiger partial charge in [-0.3, -0.25) is 0 Å². The Morgan fingerprint density at radius 3 is 2.55 bits per heavy atom. The van der Waals surface area contributed by atoms with E-state index in [-0.39, 0.29) is 0 Å². The van der Waals surface area contributed by atoms with Crippen molar-refractivity contribution in [3.05, 3.63) is 24.3 Å². The second-order valence-corrected chi connectivity index (χ2v) is 2.36. The Bertz CT molecular complexity index is 186. The molecule has 1 aliphatic rings. The van der Waals surface area contributed by atoms with Gasteiger partial charge in [0.05, 0.1) is 0 Å². The van der Waals surface area contributed by atoms with E-state index in [0.29, 0.717) is 0 Å².